The third-order valence-electron chi connectivity index (χ3n) is 4.39. The molecule has 0 aromatic carbocycles. The predicted molar refractivity (Wildman–Crippen MR) is 70.6 cm³/mol. The van der Waals surface area contributed by atoms with Crippen LogP contribution in [0.3, 0.4) is 0 Å². The van der Waals surface area contributed by atoms with Gasteiger partial charge in [-0.15, -0.1) is 11.8 Å². The van der Waals surface area contributed by atoms with Gasteiger partial charge in [-0.05, 0) is 39.2 Å². The van der Waals surface area contributed by atoms with Crippen molar-refractivity contribution in [3.63, 3.8) is 0 Å². The van der Waals surface area contributed by atoms with Crippen molar-refractivity contribution in [2.24, 2.45) is 5.92 Å². The van der Waals surface area contributed by atoms with Crippen LogP contribution in [0.15, 0.2) is 0 Å². The average molecular weight is 235 g/mol. The molecule has 1 aliphatic heterocycles. The highest BCUT2D eigenvalue weighted by atomic mass is 16.3. The first-order valence-corrected chi connectivity index (χ1v) is 7.14. The van der Waals surface area contributed by atoms with E-state index in [0.29, 0.717) is 12.0 Å². The van der Waals surface area contributed by atoms with E-state index < -0.39 is 0 Å². The lowest BCUT2D eigenvalue weighted by Gasteiger charge is -2.37. The van der Waals surface area contributed by atoms with E-state index in [1.165, 1.54) is 38.6 Å². The molecule has 2 nitrogen and oxygen atoms in total. The second kappa shape index (κ2) is 6.42. The maximum absolute atomic E-state index is 10.2. The molecule has 2 heteroatoms. The van der Waals surface area contributed by atoms with Crippen molar-refractivity contribution in [3.05, 3.63) is 0 Å². The Labute approximate surface area is 105 Å². The first-order valence-electron chi connectivity index (χ1n) is 7.14. The van der Waals surface area contributed by atoms with Gasteiger partial charge in [0.05, 0.1) is 6.10 Å². The molecule has 0 aromatic heterocycles. The van der Waals surface area contributed by atoms with Crippen LogP contribution in [0.25, 0.3) is 0 Å². The fraction of sp³-hybridized carbons (Fsp3) is 0.867. The summed E-state index contributed by atoms with van der Waals surface area (Å²) in [6.07, 6.45) is 8.27. The Morgan fingerprint density at radius 2 is 2.00 bits per heavy atom. The van der Waals surface area contributed by atoms with Crippen LogP contribution in [0.1, 0.15) is 51.9 Å². The first-order chi connectivity index (χ1) is 8.33. The summed E-state index contributed by atoms with van der Waals surface area (Å²) in [6, 6.07) is 0.629. The lowest BCUT2D eigenvalue weighted by atomic mass is 9.80. The van der Waals surface area contributed by atoms with Gasteiger partial charge in [-0.2, -0.15) is 0 Å². The van der Waals surface area contributed by atoms with Crippen LogP contribution in [-0.2, 0) is 0 Å². The molecule has 1 N–H and O–H groups in total. The minimum Gasteiger partial charge on any atom is -0.393 e. The van der Waals surface area contributed by atoms with E-state index in [4.69, 9.17) is 0 Å². The van der Waals surface area contributed by atoms with Crippen molar-refractivity contribution >= 4 is 0 Å². The van der Waals surface area contributed by atoms with Gasteiger partial charge in [-0.1, -0.05) is 12.8 Å². The molecule has 96 valence electrons. The topological polar surface area (TPSA) is 23.5 Å². The van der Waals surface area contributed by atoms with E-state index >= 15 is 0 Å². The van der Waals surface area contributed by atoms with Crippen LogP contribution in [0, 0.1) is 17.8 Å². The van der Waals surface area contributed by atoms with Gasteiger partial charge in [0.25, 0.3) is 0 Å². The number of rotatable bonds is 3. The van der Waals surface area contributed by atoms with Crippen molar-refractivity contribution in [3.8, 4) is 11.8 Å². The van der Waals surface area contributed by atoms with Gasteiger partial charge in [0.15, 0.2) is 0 Å². The van der Waals surface area contributed by atoms with Crippen molar-refractivity contribution in [1.29, 1.82) is 0 Å². The summed E-state index contributed by atoms with van der Waals surface area (Å²) in [5.41, 5.74) is 0. The maximum atomic E-state index is 10.2. The third kappa shape index (κ3) is 3.24. The van der Waals surface area contributed by atoms with Gasteiger partial charge < -0.3 is 5.11 Å². The van der Waals surface area contributed by atoms with Gasteiger partial charge >= 0.3 is 0 Å². The zero-order valence-electron chi connectivity index (χ0n) is 11.0. The Bertz CT molecular complexity index is 291. The Balaban J connectivity index is 1.90. The molecule has 3 unspecified atom stereocenters. The largest absolute Gasteiger partial charge is 0.393 e. The normalized spacial score (nSPS) is 34.4. The van der Waals surface area contributed by atoms with Gasteiger partial charge in [-0.25, -0.2) is 0 Å². The Hall–Kier alpha value is -0.520. The monoisotopic (exact) mass is 235 g/mol. The molecule has 1 saturated carbocycles. The number of aliphatic hydroxyl groups is 1. The molecule has 2 fully saturated rings. The molecule has 2 rings (SSSR count). The molecule has 0 bridgehead atoms. The van der Waals surface area contributed by atoms with Crippen LogP contribution >= 0.6 is 0 Å². The summed E-state index contributed by atoms with van der Waals surface area (Å²) in [6.45, 7) is 4.21. The minimum absolute atomic E-state index is 0.0494. The summed E-state index contributed by atoms with van der Waals surface area (Å²) in [5.74, 6) is 6.65. The van der Waals surface area contributed by atoms with Crippen LogP contribution in [-0.4, -0.2) is 35.2 Å². The van der Waals surface area contributed by atoms with Crippen molar-refractivity contribution in [2.75, 3.05) is 13.1 Å². The number of aliphatic hydroxyl groups excluding tert-OH is 1. The second-order valence-electron chi connectivity index (χ2n) is 5.44. The third-order valence-corrected chi connectivity index (χ3v) is 4.39. The van der Waals surface area contributed by atoms with Crippen LogP contribution in [0.2, 0.25) is 0 Å². The number of hydrogen-bond acceptors (Lipinski definition) is 2. The van der Waals surface area contributed by atoms with Gasteiger partial charge in [0.2, 0.25) is 0 Å². The van der Waals surface area contributed by atoms with E-state index in [-0.39, 0.29) is 6.10 Å². The minimum atomic E-state index is -0.0494. The first kappa shape index (κ1) is 12.9. The zero-order chi connectivity index (χ0) is 12.1. The molecule has 1 aliphatic carbocycles. The lowest BCUT2D eigenvalue weighted by Crippen LogP contribution is -2.42. The number of nitrogens with zero attached hydrogens (tertiary/aromatic N) is 1. The molecule has 1 heterocycles. The van der Waals surface area contributed by atoms with Crippen molar-refractivity contribution in [2.45, 2.75) is 64.0 Å². The van der Waals surface area contributed by atoms with Crippen LogP contribution in [0.5, 0.6) is 0 Å². The molecule has 0 amide bonds. The second-order valence-corrected chi connectivity index (χ2v) is 5.44. The Morgan fingerprint density at radius 3 is 2.76 bits per heavy atom. The molecule has 0 aromatic rings. The fourth-order valence-electron chi connectivity index (χ4n) is 3.53. The van der Waals surface area contributed by atoms with E-state index in [2.05, 4.69) is 16.7 Å². The molecular formula is C15H25NO. The highest BCUT2D eigenvalue weighted by Crippen LogP contribution is 2.34. The predicted octanol–water partition coefficient (Wildman–Crippen LogP) is 2.42. The van der Waals surface area contributed by atoms with E-state index in [1.54, 1.807) is 0 Å². The molecule has 0 spiro atoms. The van der Waals surface area contributed by atoms with Gasteiger partial charge in [-0.3, -0.25) is 4.90 Å². The van der Waals surface area contributed by atoms with E-state index in [1.807, 2.05) is 6.92 Å². The summed E-state index contributed by atoms with van der Waals surface area (Å²) >= 11 is 0. The quantitative estimate of drug-likeness (QED) is 0.759. The highest BCUT2D eigenvalue weighted by Gasteiger charge is 2.36. The summed E-state index contributed by atoms with van der Waals surface area (Å²) in [4.78, 5) is 2.57. The summed E-state index contributed by atoms with van der Waals surface area (Å²) < 4.78 is 0. The number of likely N-dealkylation sites (tertiary alicyclic amines) is 1. The lowest BCUT2D eigenvalue weighted by molar-refractivity contribution is 0.0227. The molecular weight excluding hydrogens is 210 g/mol. The van der Waals surface area contributed by atoms with Gasteiger partial charge in [0, 0.05) is 24.9 Å². The molecule has 0 radical (unpaired) electrons. The summed E-state index contributed by atoms with van der Waals surface area (Å²) in [5, 5.41) is 10.2. The fourth-order valence-corrected chi connectivity index (χ4v) is 3.53. The molecule has 3 atom stereocenters. The standard InChI is InChI=1S/C15H25NO/c1-2-3-6-11-16-12-7-9-14(16)13-8-4-5-10-15(13)17/h13-15,17H,4-12H2,1H3. The smallest absolute Gasteiger partial charge is 0.0583 e. The van der Waals surface area contributed by atoms with E-state index in [9.17, 15) is 5.11 Å². The Kier molecular flexibility index (Phi) is 4.88. The van der Waals surface area contributed by atoms with Gasteiger partial charge in [0.1, 0.15) is 0 Å². The van der Waals surface area contributed by atoms with Crippen molar-refractivity contribution in [1.82, 2.24) is 4.90 Å². The van der Waals surface area contributed by atoms with E-state index in [0.717, 1.165) is 19.4 Å². The Morgan fingerprint density at radius 1 is 1.18 bits per heavy atom. The average Bonchev–Trinajstić information content (AvgIpc) is 2.78. The SMILES string of the molecule is CC#CCCN1CCCC1C1CCCCC1O. The van der Waals surface area contributed by atoms with Crippen LogP contribution < -0.4 is 0 Å². The molecule has 17 heavy (non-hydrogen) atoms. The number of hydrogen-bond donors (Lipinski definition) is 1. The summed E-state index contributed by atoms with van der Waals surface area (Å²) in [7, 11) is 0. The molecule has 1 saturated heterocycles. The van der Waals surface area contributed by atoms with Crippen molar-refractivity contribution < 1.29 is 5.11 Å². The van der Waals surface area contributed by atoms with Crippen LogP contribution in [0.4, 0.5) is 0 Å². The zero-order valence-corrected chi connectivity index (χ0v) is 11.0. The molecule has 2 aliphatic rings. The maximum Gasteiger partial charge on any atom is 0.0583 e. The highest BCUT2D eigenvalue weighted by molar-refractivity contribution is 4.97.